The number of likely N-dealkylation sites (N-methyl/N-ethyl adjacent to an activating group) is 1. The summed E-state index contributed by atoms with van der Waals surface area (Å²) >= 11 is 0. The van der Waals surface area contributed by atoms with Gasteiger partial charge in [0.1, 0.15) is 0 Å². The van der Waals surface area contributed by atoms with E-state index in [1.54, 1.807) is 12.1 Å². The third-order valence-electron chi connectivity index (χ3n) is 5.04. The molecule has 1 aliphatic rings. The van der Waals surface area contributed by atoms with E-state index < -0.39 is 0 Å². The van der Waals surface area contributed by atoms with Crippen molar-refractivity contribution in [3.63, 3.8) is 0 Å². The molecule has 0 aliphatic carbocycles. The number of hydrogen-bond donors (Lipinski definition) is 2. The molecule has 0 saturated carbocycles. The normalized spacial score (nSPS) is 14.5. The SMILES string of the molecule is COc1cc(C(=O)Nc2ccccc2N2CC[NH+](C)CC2)cc(OC)c1OC. The van der Waals surface area contributed by atoms with Gasteiger partial charge in [-0.05, 0) is 24.3 Å². The summed E-state index contributed by atoms with van der Waals surface area (Å²) in [7, 11) is 6.80. The molecule has 0 spiro atoms. The van der Waals surface area contributed by atoms with Crippen molar-refractivity contribution < 1.29 is 23.9 Å². The smallest absolute Gasteiger partial charge is 0.255 e. The molecule has 1 aliphatic heterocycles. The standard InChI is InChI=1S/C21H27N3O4/c1-23-9-11-24(12-10-23)17-8-6-5-7-16(17)22-21(25)15-13-18(26-2)20(28-4)19(14-15)27-3/h5-8,13-14H,9-12H2,1-4H3,(H,22,25)/p+1. The fraction of sp³-hybridized carbons (Fsp3) is 0.381. The van der Waals surface area contributed by atoms with Crippen LogP contribution in [-0.2, 0) is 0 Å². The maximum absolute atomic E-state index is 13.0. The molecule has 0 aromatic heterocycles. The first-order valence-corrected chi connectivity index (χ1v) is 9.34. The van der Waals surface area contributed by atoms with E-state index in [0.717, 1.165) is 37.6 Å². The van der Waals surface area contributed by atoms with Crippen LogP contribution < -0.4 is 29.3 Å². The molecule has 1 fully saturated rings. The van der Waals surface area contributed by atoms with Gasteiger partial charge in [0.15, 0.2) is 11.5 Å². The van der Waals surface area contributed by atoms with E-state index in [4.69, 9.17) is 14.2 Å². The van der Waals surface area contributed by atoms with Crippen molar-refractivity contribution in [3.8, 4) is 17.2 Å². The van der Waals surface area contributed by atoms with Crippen LogP contribution in [0.2, 0.25) is 0 Å². The van der Waals surface area contributed by atoms with Gasteiger partial charge < -0.3 is 29.3 Å². The van der Waals surface area contributed by atoms with Gasteiger partial charge in [-0.25, -0.2) is 0 Å². The van der Waals surface area contributed by atoms with Gasteiger partial charge in [-0.1, -0.05) is 12.1 Å². The van der Waals surface area contributed by atoms with E-state index >= 15 is 0 Å². The average molecular weight is 386 g/mol. The summed E-state index contributed by atoms with van der Waals surface area (Å²) in [6, 6.07) is 11.2. The minimum Gasteiger partial charge on any atom is -0.493 e. The van der Waals surface area contributed by atoms with Crippen LogP contribution in [0.15, 0.2) is 36.4 Å². The molecular weight excluding hydrogens is 358 g/mol. The van der Waals surface area contributed by atoms with Crippen LogP contribution in [0.4, 0.5) is 11.4 Å². The molecule has 3 rings (SSSR count). The number of carbonyl (C=O) groups is 1. The number of hydrogen-bond acceptors (Lipinski definition) is 5. The molecule has 1 saturated heterocycles. The number of methoxy groups -OCH3 is 3. The van der Waals surface area contributed by atoms with Crippen LogP contribution in [0.3, 0.4) is 0 Å². The molecule has 2 aromatic carbocycles. The Bertz CT molecular complexity index is 807. The maximum atomic E-state index is 13.0. The molecule has 1 heterocycles. The van der Waals surface area contributed by atoms with Crippen LogP contribution in [0, 0.1) is 0 Å². The molecule has 7 nitrogen and oxygen atoms in total. The number of nitrogens with zero attached hydrogens (tertiary/aromatic N) is 1. The molecule has 0 radical (unpaired) electrons. The van der Waals surface area contributed by atoms with E-state index in [-0.39, 0.29) is 5.91 Å². The maximum Gasteiger partial charge on any atom is 0.255 e. The average Bonchev–Trinajstić information content (AvgIpc) is 2.73. The van der Waals surface area contributed by atoms with Crippen LogP contribution >= 0.6 is 0 Å². The molecule has 1 amide bonds. The Morgan fingerprint density at radius 3 is 2.18 bits per heavy atom. The van der Waals surface area contributed by atoms with Crippen LogP contribution in [0.5, 0.6) is 17.2 Å². The second-order valence-electron chi connectivity index (χ2n) is 6.83. The number of nitrogens with one attached hydrogen (secondary N) is 2. The molecule has 0 unspecified atom stereocenters. The minimum atomic E-state index is -0.230. The van der Waals surface area contributed by atoms with E-state index in [2.05, 4.69) is 17.3 Å². The first-order valence-electron chi connectivity index (χ1n) is 9.34. The third-order valence-corrected chi connectivity index (χ3v) is 5.04. The van der Waals surface area contributed by atoms with Crippen molar-refractivity contribution >= 4 is 17.3 Å². The number of amides is 1. The van der Waals surface area contributed by atoms with Crippen molar-refractivity contribution in [2.45, 2.75) is 0 Å². The molecule has 28 heavy (non-hydrogen) atoms. The Morgan fingerprint density at radius 2 is 1.61 bits per heavy atom. The van der Waals surface area contributed by atoms with Gasteiger partial charge in [0.05, 0.1) is 65.9 Å². The van der Waals surface area contributed by atoms with Gasteiger partial charge in [0.25, 0.3) is 5.91 Å². The number of benzene rings is 2. The molecule has 0 atom stereocenters. The Labute approximate surface area is 165 Å². The van der Waals surface area contributed by atoms with Gasteiger partial charge in [-0.3, -0.25) is 4.79 Å². The summed E-state index contributed by atoms with van der Waals surface area (Å²) in [6.07, 6.45) is 0. The lowest BCUT2D eigenvalue weighted by molar-refractivity contribution is -0.880. The van der Waals surface area contributed by atoms with E-state index in [1.807, 2.05) is 24.3 Å². The van der Waals surface area contributed by atoms with Crippen LogP contribution in [0.1, 0.15) is 10.4 Å². The third kappa shape index (κ3) is 4.14. The Morgan fingerprint density at radius 1 is 1.00 bits per heavy atom. The molecule has 150 valence electrons. The summed E-state index contributed by atoms with van der Waals surface area (Å²) < 4.78 is 16.0. The summed E-state index contributed by atoms with van der Waals surface area (Å²) in [5.41, 5.74) is 2.27. The van der Waals surface area contributed by atoms with Crippen molar-refractivity contribution in [3.05, 3.63) is 42.0 Å². The number of rotatable bonds is 6. The first-order chi connectivity index (χ1) is 13.6. The van der Waals surface area contributed by atoms with Gasteiger partial charge >= 0.3 is 0 Å². The number of para-hydroxylation sites is 2. The highest BCUT2D eigenvalue weighted by molar-refractivity contribution is 6.06. The second-order valence-corrected chi connectivity index (χ2v) is 6.83. The minimum absolute atomic E-state index is 0.230. The molecule has 7 heteroatoms. The van der Waals surface area contributed by atoms with Crippen LogP contribution in [0.25, 0.3) is 0 Å². The lowest BCUT2D eigenvalue weighted by Gasteiger charge is -2.33. The van der Waals surface area contributed by atoms with E-state index in [9.17, 15) is 4.79 Å². The number of piperazine rings is 1. The lowest BCUT2D eigenvalue weighted by atomic mass is 10.1. The van der Waals surface area contributed by atoms with Gasteiger partial charge in [0, 0.05) is 5.56 Å². The van der Waals surface area contributed by atoms with E-state index in [0.29, 0.717) is 22.8 Å². The zero-order valence-corrected chi connectivity index (χ0v) is 16.9. The number of carbonyl (C=O) groups excluding carboxylic acids is 1. The number of ether oxygens (including phenoxy) is 3. The monoisotopic (exact) mass is 386 g/mol. The predicted octanol–water partition coefficient (Wildman–Crippen LogP) is 1.30. The fourth-order valence-corrected chi connectivity index (χ4v) is 3.39. The fourth-order valence-electron chi connectivity index (χ4n) is 3.39. The largest absolute Gasteiger partial charge is 0.493 e. The quantitative estimate of drug-likeness (QED) is 0.784. The highest BCUT2D eigenvalue weighted by Gasteiger charge is 2.21. The van der Waals surface area contributed by atoms with Gasteiger partial charge in [-0.2, -0.15) is 0 Å². The Balaban J connectivity index is 1.86. The molecule has 2 aromatic rings. The van der Waals surface area contributed by atoms with Gasteiger partial charge in [-0.15, -0.1) is 0 Å². The highest BCUT2D eigenvalue weighted by Crippen LogP contribution is 2.38. The zero-order valence-electron chi connectivity index (χ0n) is 16.9. The van der Waals surface area contributed by atoms with Gasteiger partial charge in [0.2, 0.25) is 5.75 Å². The first kappa shape index (κ1) is 19.8. The highest BCUT2D eigenvalue weighted by atomic mass is 16.5. The topological polar surface area (TPSA) is 64.5 Å². The zero-order chi connectivity index (χ0) is 20.1. The summed E-state index contributed by atoms with van der Waals surface area (Å²) in [5.74, 6) is 1.12. The summed E-state index contributed by atoms with van der Waals surface area (Å²) in [5, 5.41) is 3.04. The van der Waals surface area contributed by atoms with E-state index in [1.165, 1.54) is 26.2 Å². The van der Waals surface area contributed by atoms with Crippen molar-refractivity contribution in [1.29, 1.82) is 0 Å². The van der Waals surface area contributed by atoms with Crippen molar-refractivity contribution in [1.82, 2.24) is 0 Å². The Kier molecular flexibility index (Phi) is 6.26. The van der Waals surface area contributed by atoms with Crippen molar-refractivity contribution in [2.75, 3.05) is 64.8 Å². The Hall–Kier alpha value is -2.93. The summed E-state index contributed by atoms with van der Waals surface area (Å²) in [6.45, 7) is 4.08. The molecule has 0 bridgehead atoms. The van der Waals surface area contributed by atoms with Crippen molar-refractivity contribution in [2.24, 2.45) is 0 Å². The lowest BCUT2D eigenvalue weighted by Crippen LogP contribution is -3.12. The predicted molar refractivity (Wildman–Crippen MR) is 109 cm³/mol. The number of anilines is 2. The second kappa shape index (κ2) is 8.84. The molecule has 2 N–H and O–H groups in total. The molecular formula is C21H28N3O4+. The number of quaternary nitrogens is 1. The summed E-state index contributed by atoms with van der Waals surface area (Å²) in [4.78, 5) is 16.8. The van der Waals surface area contributed by atoms with Crippen LogP contribution in [-0.4, -0.2) is 60.5 Å².